The number of carbonyl (C=O) groups excluding carboxylic acids is 1. The van der Waals surface area contributed by atoms with Crippen LogP contribution in [0.4, 0.5) is 5.82 Å². The Morgan fingerprint density at radius 2 is 2.29 bits per heavy atom. The van der Waals surface area contributed by atoms with Crippen molar-refractivity contribution in [2.45, 2.75) is 31.9 Å². The van der Waals surface area contributed by atoms with Crippen molar-refractivity contribution < 1.29 is 9.53 Å². The van der Waals surface area contributed by atoms with Crippen molar-refractivity contribution in [1.82, 2.24) is 10.2 Å². The monoisotopic (exact) mass is 236 g/mol. The first-order chi connectivity index (χ1) is 8.19. The number of aromatic nitrogens is 2. The summed E-state index contributed by atoms with van der Waals surface area (Å²) in [6.07, 6.45) is 2.32. The molecule has 1 saturated carbocycles. The van der Waals surface area contributed by atoms with Gasteiger partial charge in [0.25, 0.3) is 5.91 Å². The van der Waals surface area contributed by atoms with E-state index in [1.165, 1.54) is 0 Å². The summed E-state index contributed by atoms with van der Waals surface area (Å²) < 4.78 is 5.46. The van der Waals surface area contributed by atoms with Gasteiger partial charge < -0.3 is 15.8 Å². The van der Waals surface area contributed by atoms with E-state index in [0.717, 1.165) is 19.4 Å². The van der Waals surface area contributed by atoms with Crippen molar-refractivity contribution in [1.29, 1.82) is 0 Å². The summed E-state index contributed by atoms with van der Waals surface area (Å²) in [6, 6.07) is 3.65. The Labute approximate surface area is 99.6 Å². The number of nitrogens with one attached hydrogen (secondary N) is 1. The van der Waals surface area contributed by atoms with E-state index in [1.807, 2.05) is 6.92 Å². The number of ether oxygens (including phenoxy) is 1. The quantitative estimate of drug-likeness (QED) is 0.779. The molecule has 6 nitrogen and oxygen atoms in total. The Kier molecular flexibility index (Phi) is 3.53. The second kappa shape index (κ2) is 5.09. The number of nitrogens with two attached hydrogens (primary N) is 1. The summed E-state index contributed by atoms with van der Waals surface area (Å²) in [5.41, 5.74) is 5.25. The minimum absolute atomic E-state index is 0.177. The highest BCUT2D eigenvalue weighted by atomic mass is 16.5. The second-order valence-corrected chi connectivity index (χ2v) is 4.06. The van der Waals surface area contributed by atoms with Gasteiger partial charge in [-0.3, -0.25) is 4.79 Å². The van der Waals surface area contributed by atoms with Crippen molar-refractivity contribution in [3.8, 4) is 0 Å². The Hall–Kier alpha value is -1.69. The normalized spacial score (nSPS) is 22.9. The standard InChI is InChI=1S/C11H16N4O2/c1-2-17-8-5-7(6-8)13-10-4-3-9(11(12)16)14-15-10/h3-4,7-8H,2,5-6H2,1H3,(H2,12,16)(H,13,15). The molecule has 0 radical (unpaired) electrons. The van der Waals surface area contributed by atoms with Crippen LogP contribution in [0.3, 0.4) is 0 Å². The number of anilines is 1. The topological polar surface area (TPSA) is 90.1 Å². The zero-order valence-electron chi connectivity index (χ0n) is 9.72. The molecule has 0 bridgehead atoms. The van der Waals surface area contributed by atoms with Gasteiger partial charge in [0.05, 0.1) is 6.10 Å². The molecule has 6 heteroatoms. The van der Waals surface area contributed by atoms with Crippen LogP contribution in [0.2, 0.25) is 0 Å². The molecule has 17 heavy (non-hydrogen) atoms. The maximum absolute atomic E-state index is 10.8. The third-order valence-electron chi connectivity index (χ3n) is 2.77. The number of primary amides is 1. The number of carbonyl (C=O) groups is 1. The lowest BCUT2D eigenvalue weighted by molar-refractivity contribution is 0.00291. The van der Waals surface area contributed by atoms with Gasteiger partial charge >= 0.3 is 0 Å². The lowest BCUT2D eigenvalue weighted by Gasteiger charge is -2.35. The van der Waals surface area contributed by atoms with Crippen LogP contribution >= 0.6 is 0 Å². The largest absolute Gasteiger partial charge is 0.378 e. The van der Waals surface area contributed by atoms with Gasteiger partial charge in [0.2, 0.25) is 0 Å². The number of hydrogen-bond acceptors (Lipinski definition) is 5. The molecule has 1 fully saturated rings. The van der Waals surface area contributed by atoms with Crippen molar-refractivity contribution >= 4 is 11.7 Å². The summed E-state index contributed by atoms with van der Waals surface area (Å²) >= 11 is 0. The maximum atomic E-state index is 10.8. The molecule has 3 N–H and O–H groups in total. The van der Waals surface area contributed by atoms with E-state index >= 15 is 0 Å². The molecule has 1 aromatic rings. The third-order valence-corrected chi connectivity index (χ3v) is 2.77. The average molecular weight is 236 g/mol. The van der Waals surface area contributed by atoms with E-state index < -0.39 is 5.91 Å². The molecule has 1 amide bonds. The number of hydrogen-bond donors (Lipinski definition) is 2. The lowest BCUT2D eigenvalue weighted by Crippen LogP contribution is -2.41. The molecule has 1 aliphatic rings. The first-order valence-corrected chi connectivity index (χ1v) is 5.70. The molecule has 1 heterocycles. The van der Waals surface area contributed by atoms with Crippen LogP contribution in [-0.4, -0.2) is 34.9 Å². The van der Waals surface area contributed by atoms with Crippen molar-refractivity contribution in [2.75, 3.05) is 11.9 Å². The molecule has 0 atom stereocenters. The molecule has 2 rings (SSSR count). The van der Waals surface area contributed by atoms with E-state index in [4.69, 9.17) is 10.5 Å². The van der Waals surface area contributed by atoms with Crippen LogP contribution in [0.15, 0.2) is 12.1 Å². The average Bonchev–Trinajstić information content (AvgIpc) is 2.27. The van der Waals surface area contributed by atoms with Gasteiger partial charge in [0, 0.05) is 12.6 Å². The zero-order valence-corrected chi connectivity index (χ0v) is 9.72. The SMILES string of the molecule is CCOC1CC(Nc2ccc(C(N)=O)nn2)C1. The molecule has 0 aromatic carbocycles. The molecule has 0 saturated heterocycles. The number of nitrogens with zero attached hydrogens (tertiary/aromatic N) is 2. The summed E-state index contributed by atoms with van der Waals surface area (Å²) in [4.78, 5) is 10.8. The van der Waals surface area contributed by atoms with Gasteiger partial charge in [-0.2, -0.15) is 0 Å². The van der Waals surface area contributed by atoms with Gasteiger partial charge in [-0.15, -0.1) is 10.2 Å². The molecule has 1 aromatic heterocycles. The minimum Gasteiger partial charge on any atom is -0.378 e. The van der Waals surface area contributed by atoms with Crippen molar-refractivity contribution in [2.24, 2.45) is 5.73 Å². The van der Waals surface area contributed by atoms with Crippen molar-refractivity contribution in [3.05, 3.63) is 17.8 Å². The molecule has 0 aliphatic heterocycles. The smallest absolute Gasteiger partial charge is 0.269 e. The van der Waals surface area contributed by atoms with E-state index in [0.29, 0.717) is 18.0 Å². The summed E-state index contributed by atoms with van der Waals surface area (Å²) in [5.74, 6) is 0.0963. The van der Waals surface area contributed by atoms with E-state index in [9.17, 15) is 4.79 Å². The molecular weight excluding hydrogens is 220 g/mol. The minimum atomic E-state index is -0.566. The van der Waals surface area contributed by atoms with Gasteiger partial charge in [0.15, 0.2) is 5.69 Å². The van der Waals surface area contributed by atoms with Crippen LogP contribution in [0.5, 0.6) is 0 Å². The maximum Gasteiger partial charge on any atom is 0.269 e. The molecular formula is C11H16N4O2. The third kappa shape index (κ3) is 2.91. The summed E-state index contributed by atoms with van der Waals surface area (Å²) in [7, 11) is 0. The number of rotatable bonds is 5. The second-order valence-electron chi connectivity index (χ2n) is 4.06. The van der Waals surface area contributed by atoms with Crippen molar-refractivity contribution in [3.63, 3.8) is 0 Å². The first-order valence-electron chi connectivity index (χ1n) is 5.70. The fourth-order valence-electron chi connectivity index (χ4n) is 1.81. The highest BCUT2D eigenvalue weighted by molar-refractivity contribution is 5.90. The van der Waals surface area contributed by atoms with Gasteiger partial charge in [-0.25, -0.2) is 0 Å². The Morgan fingerprint density at radius 1 is 1.53 bits per heavy atom. The Bertz CT molecular complexity index is 387. The molecule has 0 spiro atoms. The highest BCUT2D eigenvalue weighted by Gasteiger charge is 2.29. The molecule has 0 unspecified atom stereocenters. The predicted octanol–water partition coefficient (Wildman–Crippen LogP) is 0.555. The van der Waals surface area contributed by atoms with Gasteiger partial charge in [-0.05, 0) is 31.9 Å². The summed E-state index contributed by atoms with van der Waals surface area (Å²) in [6.45, 7) is 2.75. The number of amides is 1. The van der Waals surface area contributed by atoms with Gasteiger partial charge in [0.1, 0.15) is 5.82 Å². The van der Waals surface area contributed by atoms with Crippen LogP contribution in [-0.2, 0) is 4.74 Å². The van der Waals surface area contributed by atoms with Crippen LogP contribution in [0.25, 0.3) is 0 Å². The predicted molar refractivity (Wildman–Crippen MR) is 62.6 cm³/mol. The first kappa shape index (κ1) is 11.8. The highest BCUT2D eigenvalue weighted by Crippen LogP contribution is 2.25. The van der Waals surface area contributed by atoms with Crippen LogP contribution in [0, 0.1) is 0 Å². The van der Waals surface area contributed by atoms with Gasteiger partial charge in [-0.1, -0.05) is 0 Å². The zero-order chi connectivity index (χ0) is 12.3. The summed E-state index contributed by atoms with van der Waals surface area (Å²) in [5, 5.41) is 10.8. The molecule has 92 valence electrons. The molecule has 1 aliphatic carbocycles. The van der Waals surface area contributed by atoms with E-state index in [-0.39, 0.29) is 5.69 Å². The van der Waals surface area contributed by atoms with Crippen LogP contribution < -0.4 is 11.1 Å². The van der Waals surface area contributed by atoms with Crippen LogP contribution in [0.1, 0.15) is 30.3 Å². The van der Waals surface area contributed by atoms with E-state index in [2.05, 4.69) is 15.5 Å². The fourth-order valence-corrected chi connectivity index (χ4v) is 1.81. The Balaban J connectivity index is 1.82. The lowest BCUT2D eigenvalue weighted by atomic mass is 9.89. The Morgan fingerprint density at radius 3 is 2.82 bits per heavy atom. The van der Waals surface area contributed by atoms with E-state index in [1.54, 1.807) is 12.1 Å². The fraction of sp³-hybridized carbons (Fsp3) is 0.545.